The van der Waals surface area contributed by atoms with Gasteiger partial charge < -0.3 is 0 Å². The summed E-state index contributed by atoms with van der Waals surface area (Å²) in [4.78, 5) is 0. The van der Waals surface area contributed by atoms with Crippen LogP contribution in [-0.4, -0.2) is 37.4 Å². The van der Waals surface area contributed by atoms with Crippen LogP contribution in [-0.2, 0) is 16.4 Å². The molecule has 0 radical (unpaired) electrons. The minimum atomic E-state index is -3.14. The standard InChI is InChI=1S/C14H22ClNO2S/c1-2-16(19(17,18)13-7-6-11-15)12-10-14-8-4-3-5-9-14/h3-5,8-9H,2,6-7,10-13H2,1H3. The average Bonchev–Trinajstić information content (AvgIpc) is 2.40. The number of rotatable bonds is 9. The average molecular weight is 304 g/mol. The van der Waals surface area contributed by atoms with Crippen LogP contribution in [0.25, 0.3) is 0 Å². The number of hydrogen-bond donors (Lipinski definition) is 0. The van der Waals surface area contributed by atoms with Crippen LogP contribution < -0.4 is 0 Å². The van der Waals surface area contributed by atoms with Crippen molar-refractivity contribution in [2.45, 2.75) is 26.2 Å². The van der Waals surface area contributed by atoms with Gasteiger partial charge in [-0.05, 0) is 24.8 Å². The first-order valence-electron chi connectivity index (χ1n) is 6.68. The zero-order chi connectivity index (χ0) is 14.1. The lowest BCUT2D eigenvalue weighted by Gasteiger charge is -2.20. The zero-order valence-electron chi connectivity index (χ0n) is 11.4. The lowest BCUT2D eigenvalue weighted by atomic mass is 10.1. The van der Waals surface area contributed by atoms with Gasteiger partial charge in [0.25, 0.3) is 0 Å². The van der Waals surface area contributed by atoms with Gasteiger partial charge in [0.05, 0.1) is 5.75 Å². The zero-order valence-corrected chi connectivity index (χ0v) is 13.0. The molecule has 0 unspecified atom stereocenters. The van der Waals surface area contributed by atoms with Gasteiger partial charge >= 0.3 is 0 Å². The summed E-state index contributed by atoms with van der Waals surface area (Å²) in [5, 5.41) is 0. The normalized spacial score (nSPS) is 11.9. The summed E-state index contributed by atoms with van der Waals surface area (Å²) in [7, 11) is -3.14. The van der Waals surface area contributed by atoms with Crippen LogP contribution in [0, 0.1) is 0 Å². The molecule has 0 amide bonds. The number of benzene rings is 1. The Morgan fingerprint density at radius 2 is 1.84 bits per heavy atom. The minimum absolute atomic E-state index is 0.197. The molecule has 0 saturated heterocycles. The van der Waals surface area contributed by atoms with Crippen LogP contribution in [0.4, 0.5) is 0 Å². The van der Waals surface area contributed by atoms with Gasteiger partial charge in [-0.2, -0.15) is 0 Å². The number of alkyl halides is 1. The van der Waals surface area contributed by atoms with Crippen molar-refractivity contribution in [3.05, 3.63) is 35.9 Å². The van der Waals surface area contributed by atoms with Crippen molar-refractivity contribution in [1.29, 1.82) is 0 Å². The molecule has 1 rings (SSSR count). The number of sulfonamides is 1. The van der Waals surface area contributed by atoms with E-state index in [0.29, 0.717) is 25.4 Å². The highest BCUT2D eigenvalue weighted by atomic mass is 35.5. The Balaban J connectivity index is 2.52. The molecule has 0 aliphatic rings. The molecule has 0 aliphatic heterocycles. The Labute approximate surface area is 121 Å². The fraction of sp³-hybridized carbons (Fsp3) is 0.571. The van der Waals surface area contributed by atoms with E-state index >= 15 is 0 Å². The van der Waals surface area contributed by atoms with Crippen LogP contribution in [0.5, 0.6) is 0 Å². The van der Waals surface area contributed by atoms with Crippen LogP contribution >= 0.6 is 11.6 Å². The second-order valence-corrected chi connectivity index (χ2v) is 6.91. The maximum atomic E-state index is 12.1. The van der Waals surface area contributed by atoms with Gasteiger partial charge in [0.1, 0.15) is 0 Å². The monoisotopic (exact) mass is 303 g/mol. The van der Waals surface area contributed by atoms with Crippen LogP contribution in [0.2, 0.25) is 0 Å². The Morgan fingerprint density at radius 1 is 1.16 bits per heavy atom. The molecule has 0 bridgehead atoms. The van der Waals surface area contributed by atoms with Crippen molar-refractivity contribution in [2.75, 3.05) is 24.7 Å². The summed E-state index contributed by atoms with van der Waals surface area (Å²) >= 11 is 5.58. The van der Waals surface area contributed by atoms with Gasteiger partial charge in [-0.3, -0.25) is 0 Å². The molecule has 0 saturated carbocycles. The number of hydrogen-bond acceptors (Lipinski definition) is 2. The van der Waals surface area contributed by atoms with Crippen LogP contribution in [0.1, 0.15) is 25.3 Å². The van der Waals surface area contributed by atoms with E-state index in [0.717, 1.165) is 18.4 Å². The molecular weight excluding hydrogens is 282 g/mol. The van der Waals surface area contributed by atoms with E-state index < -0.39 is 10.0 Å². The predicted octanol–water partition coefficient (Wildman–Crippen LogP) is 2.90. The Morgan fingerprint density at radius 3 is 2.42 bits per heavy atom. The number of unbranched alkanes of at least 4 members (excludes halogenated alkanes) is 1. The SMILES string of the molecule is CCN(CCc1ccccc1)S(=O)(=O)CCCCCl. The molecule has 1 aromatic rings. The number of halogens is 1. The Kier molecular flexibility index (Phi) is 7.42. The minimum Gasteiger partial charge on any atom is -0.212 e. The highest BCUT2D eigenvalue weighted by Crippen LogP contribution is 2.08. The first-order valence-corrected chi connectivity index (χ1v) is 8.82. The number of nitrogens with zero attached hydrogens (tertiary/aromatic N) is 1. The summed E-state index contributed by atoms with van der Waals surface area (Å²) in [5.41, 5.74) is 1.16. The first-order chi connectivity index (χ1) is 9.10. The van der Waals surface area contributed by atoms with Crippen LogP contribution in [0.3, 0.4) is 0 Å². The van der Waals surface area contributed by atoms with E-state index in [1.165, 1.54) is 0 Å². The van der Waals surface area contributed by atoms with E-state index in [4.69, 9.17) is 11.6 Å². The maximum absolute atomic E-state index is 12.1. The van der Waals surface area contributed by atoms with Gasteiger partial charge in [0.15, 0.2) is 0 Å². The molecule has 0 spiro atoms. The van der Waals surface area contributed by atoms with Crippen molar-refractivity contribution in [3.63, 3.8) is 0 Å². The molecule has 1 aromatic carbocycles. The van der Waals surface area contributed by atoms with Crippen molar-refractivity contribution in [2.24, 2.45) is 0 Å². The van der Waals surface area contributed by atoms with E-state index in [1.807, 2.05) is 37.3 Å². The molecule has 0 aromatic heterocycles. The molecule has 108 valence electrons. The molecule has 3 nitrogen and oxygen atoms in total. The highest BCUT2D eigenvalue weighted by molar-refractivity contribution is 7.89. The lowest BCUT2D eigenvalue weighted by Crippen LogP contribution is -2.34. The summed E-state index contributed by atoms with van der Waals surface area (Å²) in [6.07, 6.45) is 2.13. The van der Waals surface area contributed by atoms with Gasteiger partial charge in [0.2, 0.25) is 10.0 Å². The molecular formula is C14H22ClNO2S. The molecule has 0 heterocycles. The second kappa shape index (κ2) is 8.56. The van der Waals surface area contributed by atoms with Gasteiger partial charge in [0, 0.05) is 19.0 Å². The first kappa shape index (κ1) is 16.5. The van der Waals surface area contributed by atoms with E-state index in [9.17, 15) is 8.42 Å². The largest absolute Gasteiger partial charge is 0.214 e. The second-order valence-electron chi connectivity index (χ2n) is 4.44. The Hall–Kier alpha value is -0.580. The quantitative estimate of drug-likeness (QED) is 0.519. The van der Waals surface area contributed by atoms with Crippen LogP contribution in [0.15, 0.2) is 30.3 Å². The summed E-state index contributed by atoms with van der Waals surface area (Å²) in [6.45, 7) is 2.95. The highest BCUT2D eigenvalue weighted by Gasteiger charge is 2.19. The van der Waals surface area contributed by atoms with Crippen molar-refractivity contribution in [3.8, 4) is 0 Å². The van der Waals surface area contributed by atoms with E-state index in [-0.39, 0.29) is 5.75 Å². The molecule has 19 heavy (non-hydrogen) atoms. The third kappa shape index (κ3) is 5.93. The predicted molar refractivity (Wildman–Crippen MR) is 81.1 cm³/mol. The van der Waals surface area contributed by atoms with Gasteiger partial charge in [-0.15, -0.1) is 11.6 Å². The van der Waals surface area contributed by atoms with E-state index in [1.54, 1.807) is 4.31 Å². The Bertz CT molecular complexity index is 448. The fourth-order valence-corrected chi connectivity index (χ4v) is 3.68. The smallest absolute Gasteiger partial charge is 0.212 e. The topological polar surface area (TPSA) is 37.4 Å². The molecule has 5 heteroatoms. The molecule has 0 aliphatic carbocycles. The molecule has 0 fully saturated rings. The third-order valence-corrected chi connectivity index (χ3v) is 5.32. The van der Waals surface area contributed by atoms with Gasteiger partial charge in [-0.25, -0.2) is 12.7 Å². The van der Waals surface area contributed by atoms with Gasteiger partial charge in [-0.1, -0.05) is 37.3 Å². The van der Waals surface area contributed by atoms with Crippen molar-refractivity contribution in [1.82, 2.24) is 4.31 Å². The van der Waals surface area contributed by atoms with Crippen molar-refractivity contribution >= 4 is 21.6 Å². The molecule has 0 N–H and O–H groups in total. The number of likely N-dealkylation sites (N-methyl/N-ethyl adjacent to an activating group) is 1. The third-order valence-electron chi connectivity index (χ3n) is 3.02. The summed E-state index contributed by atoms with van der Waals surface area (Å²) in [6, 6.07) is 9.95. The molecule has 0 atom stereocenters. The maximum Gasteiger partial charge on any atom is 0.214 e. The summed E-state index contributed by atoms with van der Waals surface area (Å²) in [5.74, 6) is 0.716. The summed E-state index contributed by atoms with van der Waals surface area (Å²) < 4.78 is 25.8. The fourth-order valence-electron chi connectivity index (χ4n) is 1.90. The lowest BCUT2D eigenvalue weighted by molar-refractivity contribution is 0.430. The van der Waals surface area contributed by atoms with Crippen molar-refractivity contribution < 1.29 is 8.42 Å². The van der Waals surface area contributed by atoms with E-state index in [2.05, 4.69) is 0 Å².